The van der Waals surface area contributed by atoms with E-state index in [9.17, 15) is 0 Å². The monoisotopic (exact) mass is 274 g/mol. The highest BCUT2D eigenvalue weighted by Gasteiger charge is 2.28. The summed E-state index contributed by atoms with van der Waals surface area (Å²) in [6.07, 6.45) is 5.55. The van der Waals surface area contributed by atoms with Crippen LogP contribution in [0.5, 0.6) is 0 Å². The summed E-state index contributed by atoms with van der Waals surface area (Å²) in [6.45, 7) is 10.4. The lowest BCUT2D eigenvalue weighted by molar-refractivity contribution is 0.218. The second-order valence-electron chi connectivity index (χ2n) is 6.40. The third-order valence-electron chi connectivity index (χ3n) is 4.51. The molecule has 1 aliphatic rings. The molecule has 0 spiro atoms. The third kappa shape index (κ3) is 4.32. The van der Waals surface area contributed by atoms with Crippen LogP contribution in [0.25, 0.3) is 0 Å². The van der Waals surface area contributed by atoms with Gasteiger partial charge in [0.25, 0.3) is 0 Å². The molecule has 1 aromatic rings. The zero-order valence-electron chi connectivity index (χ0n) is 13.2. The predicted octanol–water partition coefficient (Wildman–Crippen LogP) is 3.43. The highest BCUT2D eigenvalue weighted by molar-refractivity contribution is 5.25. The fraction of sp³-hybridized carbons (Fsp3) is 0.667. The molecule has 0 bridgehead atoms. The minimum atomic E-state index is 0.210. The Kier molecular flexibility index (Phi) is 6.06. The van der Waals surface area contributed by atoms with Crippen molar-refractivity contribution >= 4 is 0 Å². The molecule has 2 rings (SSSR count). The van der Waals surface area contributed by atoms with E-state index in [-0.39, 0.29) is 5.41 Å². The van der Waals surface area contributed by atoms with Crippen molar-refractivity contribution in [3.63, 3.8) is 0 Å². The Morgan fingerprint density at radius 1 is 1.05 bits per heavy atom. The Hall–Kier alpha value is -0.860. The first-order chi connectivity index (χ1) is 9.74. The number of nitrogens with one attached hydrogen (secondary N) is 1. The maximum atomic E-state index is 3.57. The van der Waals surface area contributed by atoms with Crippen LogP contribution in [0.2, 0.25) is 0 Å². The third-order valence-corrected chi connectivity index (χ3v) is 4.51. The lowest BCUT2D eigenvalue weighted by atomic mass is 9.81. The van der Waals surface area contributed by atoms with E-state index < -0.39 is 0 Å². The molecule has 1 fully saturated rings. The second-order valence-corrected chi connectivity index (χ2v) is 6.40. The van der Waals surface area contributed by atoms with E-state index in [4.69, 9.17) is 0 Å². The van der Waals surface area contributed by atoms with E-state index in [0.717, 1.165) is 13.1 Å². The molecule has 1 unspecified atom stereocenters. The van der Waals surface area contributed by atoms with Gasteiger partial charge in [0, 0.05) is 18.5 Å². The van der Waals surface area contributed by atoms with Gasteiger partial charge in [0.2, 0.25) is 0 Å². The lowest BCUT2D eigenvalue weighted by Gasteiger charge is -2.36. The Labute approximate surface area is 124 Å². The standard InChI is InChI=1S/C18H30N2/c1-3-19-15-18(2,17-11-7-6-8-12-17)16-20-13-9-4-5-10-14-20/h6-8,11-12,19H,3-5,9-10,13-16H2,1-2H3. The molecule has 1 aliphatic heterocycles. The second kappa shape index (κ2) is 7.80. The van der Waals surface area contributed by atoms with Crippen LogP contribution in [-0.2, 0) is 5.41 Å². The van der Waals surface area contributed by atoms with Crippen LogP contribution in [0.15, 0.2) is 30.3 Å². The smallest absolute Gasteiger partial charge is 0.0177 e. The number of likely N-dealkylation sites (N-methyl/N-ethyl adjacent to an activating group) is 1. The first kappa shape index (κ1) is 15.5. The molecule has 0 aromatic heterocycles. The number of hydrogen-bond donors (Lipinski definition) is 1. The largest absolute Gasteiger partial charge is 0.316 e. The average molecular weight is 274 g/mol. The van der Waals surface area contributed by atoms with E-state index in [0.29, 0.717) is 0 Å². The summed E-state index contributed by atoms with van der Waals surface area (Å²) in [4.78, 5) is 2.68. The fourth-order valence-electron chi connectivity index (χ4n) is 3.28. The number of rotatable bonds is 6. The highest BCUT2D eigenvalue weighted by atomic mass is 15.1. The van der Waals surface area contributed by atoms with Gasteiger partial charge in [0.15, 0.2) is 0 Å². The Morgan fingerprint density at radius 2 is 1.70 bits per heavy atom. The van der Waals surface area contributed by atoms with Crippen LogP contribution in [-0.4, -0.2) is 37.6 Å². The number of nitrogens with zero attached hydrogens (tertiary/aromatic N) is 1. The van der Waals surface area contributed by atoms with Crippen molar-refractivity contribution in [1.29, 1.82) is 0 Å². The molecule has 0 amide bonds. The van der Waals surface area contributed by atoms with Gasteiger partial charge in [-0.3, -0.25) is 0 Å². The number of benzene rings is 1. The molecular formula is C18H30N2. The van der Waals surface area contributed by atoms with Gasteiger partial charge in [-0.1, -0.05) is 57.0 Å². The van der Waals surface area contributed by atoms with Gasteiger partial charge in [-0.25, -0.2) is 0 Å². The molecule has 20 heavy (non-hydrogen) atoms. The van der Waals surface area contributed by atoms with Gasteiger partial charge in [-0.05, 0) is 38.0 Å². The Balaban J connectivity index is 2.09. The summed E-state index contributed by atoms with van der Waals surface area (Å²) in [7, 11) is 0. The first-order valence-corrected chi connectivity index (χ1v) is 8.23. The van der Waals surface area contributed by atoms with Crippen LogP contribution in [0.3, 0.4) is 0 Å². The van der Waals surface area contributed by atoms with Gasteiger partial charge in [0.05, 0.1) is 0 Å². The summed E-state index contributed by atoms with van der Waals surface area (Å²) in [5, 5.41) is 3.57. The van der Waals surface area contributed by atoms with E-state index in [2.05, 4.69) is 54.4 Å². The highest BCUT2D eigenvalue weighted by Crippen LogP contribution is 2.25. The van der Waals surface area contributed by atoms with Crippen molar-refractivity contribution in [2.24, 2.45) is 0 Å². The molecule has 2 nitrogen and oxygen atoms in total. The molecule has 1 aromatic carbocycles. The van der Waals surface area contributed by atoms with Crippen LogP contribution in [0.1, 0.15) is 45.1 Å². The summed E-state index contributed by atoms with van der Waals surface area (Å²) < 4.78 is 0. The average Bonchev–Trinajstić information content (AvgIpc) is 2.75. The van der Waals surface area contributed by atoms with E-state index in [1.165, 1.54) is 50.9 Å². The van der Waals surface area contributed by atoms with Gasteiger partial charge < -0.3 is 10.2 Å². The quantitative estimate of drug-likeness (QED) is 0.855. The van der Waals surface area contributed by atoms with Crippen molar-refractivity contribution in [3.05, 3.63) is 35.9 Å². The minimum absolute atomic E-state index is 0.210. The number of hydrogen-bond acceptors (Lipinski definition) is 2. The van der Waals surface area contributed by atoms with Crippen LogP contribution in [0.4, 0.5) is 0 Å². The summed E-state index contributed by atoms with van der Waals surface area (Å²) in [5.41, 5.74) is 1.67. The van der Waals surface area contributed by atoms with Gasteiger partial charge in [-0.2, -0.15) is 0 Å². The Morgan fingerprint density at radius 3 is 2.30 bits per heavy atom. The van der Waals surface area contributed by atoms with Crippen molar-refractivity contribution in [2.45, 2.75) is 44.9 Å². The number of likely N-dealkylation sites (tertiary alicyclic amines) is 1. The molecule has 1 N–H and O–H groups in total. The molecule has 1 atom stereocenters. The van der Waals surface area contributed by atoms with Crippen molar-refractivity contribution in [2.75, 3.05) is 32.7 Å². The first-order valence-electron chi connectivity index (χ1n) is 8.23. The van der Waals surface area contributed by atoms with Crippen LogP contribution in [0, 0.1) is 0 Å². The van der Waals surface area contributed by atoms with E-state index in [1.54, 1.807) is 0 Å². The minimum Gasteiger partial charge on any atom is -0.316 e. The molecule has 1 saturated heterocycles. The molecule has 0 aliphatic carbocycles. The molecule has 0 saturated carbocycles. The van der Waals surface area contributed by atoms with Crippen molar-refractivity contribution in [1.82, 2.24) is 10.2 Å². The summed E-state index contributed by atoms with van der Waals surface area (Å²) in [5.74, 6) is 0. The van der Waals surface area contributed by atoms with E-state index in [1.807, 2.05) is 0 Å². The van der Waals surface area contributed by atoms with Crippen molar-refractivity contribution < 1.29 is 0 Å². The lowest BCUT2D eigenvalue weighted by Crippen LogP contribution is -2.45. The van der Waals surface area contributed by atoms with Crippen LogP contribution < -0.4 is 5.32 Å². The van der Waals surface area contributed by atoms with Gasteiger partial charge in [-0.15, -0.1) is 0 Å². The predicted molar refractivity (Wildman–Crippen MR) is 87.2 cm³/mol. The topological polar surface area (TPSA) is 15.3 Å². The fourth-order valence-corrected chi connectivity index (χ4v) is 3.28. The zero-order chi connectivity index (χ0) is 14.3. The summed E-state index contributed by atoms with van der Waals surface area (Å²) in [6, 6.07) is 11.0. The Bertz CT molecular complexity index is 368. The van der Waals surface area contributed by atoms with Gasteiger partial charge >= 0.3 is 0 Å². The van der Waals surface area contributed by atoms with E-state index >= 15 is 0 Å². The van der Waals surface area contributed by atoms with Gasteiger partial charge in [0.1, 0.15) is 0 Å². The SMILES string of the molecule is CCNCC(C)(CN1CCCCCC1)c1ccccc1. The molecular weight excluding hydrogens is 244 g/mol. The normalized spacial score (nSPS) is 20.3. The molecule has 112 valence electrons. The molecule has 0 radical (unpaired) electrons. The zero-order valence-corrected chi connectivity index (χ0v) is 13.2. The van der Waals surface area contributed by atoms with Crippen LogP contribution >= 0.6 is 0 Å². The van der Waals surface area contributed by atoms with Crippen molar-refractivity contribution in [3.8, 4) is 0 Å². The maximum Gasteiger partial charge on any atom is 0.0177 e. The maximum absolute atomic E-state index is 3.57. The summed E-state index contributed by atoms with van der Waals surface area (Å²) >= 11 is 0. The molecule has 2 heteroatoms. The molecule has 1 heterocycles.